The molecule has 1 aliphatic heterocycles. The summed E-state index contributed by atoms with van der Waals surface area (Å²) in [6.45, 7) is 3.71. The number of carbonyl (C=O) groups is 1. The fourth-order valence-electron chi connectivity index (χ4n) is 5.24. The van der Waals surface area contributed by atoms with E-state index in [4.69, 9.17) is 17.3 Å². The van der Waals surface area contributed by atoms with E-state index in [2.05, 4.69) is 12.2 Å². The standard InChI is InChI=1S/C22H26ClN3O4/c1-10(7-24)11-5-22(25-8-11)6-15(22)17-16(27)4-13-19(18(17)23)26(12-2-3-12)9-14(20(13)28)21(29)30/h4,9-12,15,25,27H,2-3,5-8,24H2,1H3,(H,29,30)/t10-,11?,15?,22?/m1/s1. The van der Waals surface area contributed by atoms with Gasteiger partial charge in [0.2, 0.25) is 5.43 Å². The van der Waals surface area contributed by atoms with Gasteiger partial charge >= 0.3 is 5.97 Å². The molecule has 2 heterocycles. The molecule has 5 rings (SSSR count). The van der Waals surface area contributed by atoms with E-state index in [1.165, 1.54) is 12.3 Å². The van der Waals surface area contributed by atoms with Crippen molar-refractivity contribution < 1.29 is 15.0 Å². The first kappa shape index (κ1) is 19.8. The number of benzene rings is 1. The summed E-state index contributed by atoms with van der Waals surface area (Å²) in [5, 5.41) is 24.4. The first-order valence-corrected chi connectivity index (χ1v) is 10.9. The van der Waals surface area contributed by atoms with Crippen LogP contribution in [0.25, 0.3) is 10.9 Å². The lowest BCUT2D eigenvalue weighted by atomic mass is 9.89. The van der Waals surface area contributed by atoms with E-state index in [-0.39, 0.29) is 34.2 Å². The topological polar surface area (TPSA) is 118 Å². The number of aromatic carboxylic acids is 1. The summed E-state index contributed by atoms with van der Waals surface area (Å²) in [6, 6.07) is 1.54. The van der Waals surface area contributed by atoms with E-state index < -0.39 is 11.4 Å². The molecule has 2 aliphatic carbocycles. The number of fused-ring (bicyclic) bond motifs is 1. The average molecular weight is 432 g/mol. The molecule has 160 valence electrons. The van der Waals surface area contributed by atoms with Crippen molar-refractivity contribution in [2.75, 3.05) is 13.1 Å². The fraction of sp³-hybridized carbons (Fsp3) is 0.545. The number of carboxylic acids is 1. The number of aromatic hydroxyl groups is 1. The van der Waals surface area contributed by atoms with Gasteiger partial charge in [-0.25, -0.2) is 4.79 Å². The van der Waals surface area contributed by atoms with Crippen molar-refractivity contribution in [1.29, 1.82) is 0 Å². The first-order chi connectivity index (χ1) is 14.3. The minimum atomic E-state index is -1.27. The Hall–Kier alpha value is -2.09. The molecule has 0 amide bonds. The van der Waals surface area contributed by atoms with Gasteiger partial charge in [0.1, 0.15) is 11.3 Å². The Morgan fingerprint density at radius 1 is 1.43 bits per heavy atom. The highest BCUT2D eigenvalue weighted by Crippen LogP contribution is 2.61. The van der Waals surface area contributed by atoms with Gasteiger partial charge < -0.3 is 25.8 Å². The zero-order chi connectivity index (χ0) is 21.4. The Labute approximate surface area is 178 Å². The molecule has 3 fully saturated rings. The van der Waals surface area contributed by atoms with Gasteiger partial charge in [-0.15, -0.1) is 0 Å². The quantitative estimate of drug-likeness (QED) is 0.578. The summed E-state index contributed by atoms with van der Waals surface area (Å²) in [6.07, 6.45) is 5.10. The van der Waals surface area contributed by atoms with Crippen molar-refractivity contribution >= 4 is 28.5 Å². The molecule has 2 aromatic rings. The van der Waals surface area contributed by atoms with Gasteiger partial charge in [-0.05, 0) is 56.7 Å². The molecule has 1 aromatic carbocycles. The summed E-state index contributed by atoms with van der Waals surface area (Å²) in [4.78, 5) is 24.3. The SMILES string of the molecule is C[C@H](CN)C1CNC2(C1)CC2c1c(O)cc2c(=O)c(C(=O)O)cn(C3CC3)c2c1Cl. The Morgan fingerprint density at radius 3 is 2.80 bits per heavy atom. The van der Waals surface area contributed by atoms with Crippen LogP contribution in [0.1, 0.15) is 60.5 Å². The second kappa shape index (κ2) is 6.70. The van der Waals surface area contributed by atoms with Crippen molar-refractivity contribution in [3.05, 3.63) is 38.6 Å². The molecule has 7 nitrogen and oxygen atoms in total. The molecule has 1 spiro atoms. The number of nitrogens with zero attached hydrogens (tertiary/aromatic N) is 1. The highest BCUT2D eigenvalue weighted by Gasteiger charge is 2.60. The Balaban J connectivity index is 1.62. The Kier molecular flexibility index (Phi) is 4.44. The molecule has 0 radical (unpaired) electrons. The smallest absolute Gasteiger partial charge is 0.341 e. The number of phenols is 1. The monoisotopic (exact) mass is 431 g/mol. The van der Waals surface area contributed by atoms with Gasteiger partial charge in [-0.2, -0.15) is 0 Å². The molecule has 2 saturated carbocycles. The van der Waals surface area contributed by atoms with Crippen LogP contribution in [0.5, 0.6) is 5.75 Å². The molecule has 8 heteroatoms. The predicted octanol–water partition coefficient (Wildman–Crippen LogP) is 2.82. The van der Waals surface area contributed by atoms with E-state index >= 15 is 0 Å². The molecular weight excluding hydrogens is 406 g/mol. The third-order valence-corrected chi connectivity index (χ3v) is 7.77. The molecule has 4 atom stereocenters. The van der Waals surface area contributed by atoms with Crippen LogP contribution in [0.3, 0.4) is 0 Å². The average Bonchev–Trinajstić information content (AvgIpc) is 3.60. The summed E-state index contributed by atoms with van der Waals surface area (Å²) in [5.74, 6) is -0.329. The van der Waals surface area contributed by atoms with Gasteiger partial charge in [0, 0.05) is 29.3 Å². The van der Waals surface area contributed by atoms with Crippen LogP contribution in [0.4, 0.5) is 0 Å². The summed E-state index contributed by atoms with van der Waals surface area (Å²) < 4.78 is 1.82. The number of nitrogens with two attached hydrogens (primary N) is 1. The van der Waals surface area contributed by atoms with Crippen LogP contribution >= 0.6 is 11.6 Å². The lowest BCUT2D eigenvalue weighted by Gasteiger charge is -2.19. The van der Waals surface area contributed by atoms with E-state index in [0.717, 1.165) is 32.2 Å². The molecule has 3 unspecified atom stereocenters. The van der Waals surface area contributed by atoms with Crippen LogP contribution < -0.4 is 16.5 Å². The molecule has 30 heavy (non-hydrogen) atoms. The first-order valence-electron chi connectivity index (χ1n) is 10.6. The summed E-state index contributed by atoms with van der Waals surface area (Å²) >= 11 is 6.84. The third kappa shape index (κ3) is 2.87. The number of aromatic nitrogens is 1. The predicted molar refractivity (Wildman–Crippen MR) is 115 cm³/mol. The number of nitrogens with one attached hydrogen (secondary N) is 1. The van der Waals surface area contributed by atoms with Crippen LogP contribution in [-0.2, 0) is 0 Å². The van der Waals surface area contributed by atoms with Crippen molar-refractivity contribution in [2.45, 2.75) is 50.1 Å². The van der Waals surface area contributed by atoms with Gasteiger partial charge in [-0.3, -0.25) is 4.79 Å². The number of hydrogen-bond donors (Lipinski definition) is 4. The molecule has 1 aromatic heterocycles. The number of halogens is 1. The highest BCUT2D eigenvalue weighted by atomic mass is 35.5. The van der Waals surface area contributed by atoms with E-state index in [9.17, 15) is 19.8 Å². The van der Waals surface area contributed by atoms with Crippen molar-refractivity contribution in [1.82, 2.24) is 9.88 Å². The summed E-state index contributed by atoms with van der Waals surface area (Å²) in [5.41, 5.74) is 6.06. The second-order valence-electron chi connectivity index (χ2n) is 9.31. The van der Waals surface area contributed by atoms with Gasteiger partial charge in [0.05, 0.1) is 15.9 Å². The lowest BCUT2D eigenvalue weighted by molar-refractivity contribution is 0.0695. The van der Waals surface area contributed by atoms with E-state index in [1.807, 2.05) is 4.57 Å². The molecule has 5 N–H and O–H groups in total. The second-order valence-corrected chi connectivity index (χ2v) is 9.68. The van der Waals surface area contributed by atoms with Crippen molar-refractivity contribution in [2.24, 2.45) is 17.6 Å². The lowest BCUT2D eigenvalue weighted by Crippen LogP contribution is -2.25. The minimum Gasteiger partial charge on any atom is -0.508 e. The van der Waals surface area contributed by atoms with Crippen LogP contribution in [-0.4, -0.2) is 39.4 Å². The van der Waals surface area contributed by atoms with Gasteiger partial charge in [0.15, 0.2) is 0 Å². The number of rotatable bonds is 5. The molecular formula is C22H26ClN3O4. The zero-order valence-electron chi connectivity index (χ0n) is 16.8. The largest absolute Gasteiger partial charge is 0.508 e. The molecule has 1 saturated heterocycles. The maximum absolute atomic E-state index is 12.8. The van der Waals surface area contributed by atoms with E-state index in [1.54, 1.807) is 0 Å². The Bertz CT molecular complexity index is 1130. The summed E-state index contributed by atoms with van der Waals surface area (Å²) in [7, 11) is 0. The number of phenolic OH excluding ortho intramolecular Hbond substituents is 1. The van der Waals surface area contributed by atoms with Crippen molar-refractivity contribution in [3.8, 4) is 5.75 Å². The number of pyridine rings is 1. The molecule has 0 bridgehead atoms. The number of hydrogen-bond acceptors (Lipinski definition) is 5. The van der Waals surface area contributed by atoms with Crippen LogP contribution in [0.15, 0.2) is 17.1 Å². The normalized spacial score (nSPS) is 28.9. The van der Waals surface area contributed by atoms with Gasteiger partial charge in [-0.1, -0.05) is 18.5 Å². The zero-order valence-corrected chi connectivity index (χ0v) is 17.6. The number of carboxylic acid groups (broad SMARTS) is 1. The highest BCUT2D eigenvalue weighted by molar-refractivity contribution is 6.36. The van der Waals surface area contributed by atoms with Crippen LogP contribution in [0, 0.1) is 11.8 Å². The van der Waals surface area contributed by atoms with E-state index in [0.29, 0.717) is 34.5 Å². The fourth-order valence-corrected chi connectivity index (χ4v) is 5.67. The third-order valence-electron chi connectivity index (χ3n) is 7.39. The minimum absolute atomic E-state index is 0.0338. The maximum Gasteiger partial charge on any atom is 0.341 e. The van der Waals surface area contributed by atoms with Crippen molar-refractivity contribution in [3.63, 3.8) is 0 Å². The molecule has 3 aliphatic rings. The van der Waals surface area contributed by atoms with Crippen LogP contribution in [0.2, 0.25) is 5.02 Å². The Morgan fingerprint density at radius 2 is 2.17 bits per heavy atom. The van der Waals surface area contributed by atoms with Gasteiger partial charge in [0.25, 0.3) is 0 Å². The maximum atomic E-state index is 12.8.